The van der Waals surface area contributed by atoms with Crippen molar-refractivity contribution in [3.8, 4) is 11.1 Å². The Morgan fingerprint density at radius 2 is 1.66 bits per heavy atom. The topological polar surface area (TPSA) is 41.5 Å². The van der Waals surface area contributed by atoms with Gasteiger partial charge >= 0.3 is 0 Å². The van der Waals surface area contributed by atoms with Crippen LogP contribution in [-0.4, -0.2) is 11.6 Å². The number of fused-ring (bicyclic) bond motifs is 1. The number of benzene rings is 3. The highest BCUT2D eigenvalue weighted by Crippen LogP contribution is 2.35. The van der Waals surface area contributed by atoms with Gasteiger partial charge in [0.25, 0.3) is 5.91 Å². The molecule has 3 aromatic carbocycles. The molecule has 0 bridgehead atoms. The lowest BCUT2D eigenvalue weighted by Crippen LogP contribution is -2.18. The Morgan fingerprint density at radius 3 is 2.38 bits per heavy atom. The molecule has 3 nitrogen and oxygen atoms in total. The molecule has 1 amide bonds. The summed E-state index contributed by atoms with van der Waals surface area (Å²) in [5.74, 6) is -0.297. The summed E-state index contributed by atoms with van der Waals surface area (Å²) >= 11 is 7.79. The predicted molar refractivity (Wildman–Crippen MR) is 123 cm³/mol. The molecule has 5 heteroatoms. The highest BCUT2D eigenvalue weighted by Gasteiger charge is 2.17. The number of carbonyl (C=O) groups excluding carboxylic acids is 1. The summed E-state index contributed by atoms with van der Waals surface area (Å²) < 4.78 is 0.998. The zero-order valence-corrected chi connectivity index (χ0v) is 17.6. The average molecular weight is 419 g/mol. The third-order valence-corrected chi connectivity index (χ3v) is 6.38. The molecule has 0 unspecified atom stereocenters. The number of thiophene rings is 1. The molecule has 144 valence electrons. The normalized spacial score (nSPS) is 11.6. The number of amides is 1. The zero-order valence-electron chi connectivity index (χ0n) is 16.1. The molecule has 0 aliphatic heterocycles. The second-order valence-electron chi connectivity index (χ2n) is 6.83. The Hall–Kier alpha value is -2.95. The monoisotopic (exact) mass is 418 g/mol. The molecule has 1 aromatic heterocycles. The van der Waals surface area contributed by atoms with Crippen LogP contribution in [0, 0.1) is 6.92 Å². The third-order valence-electron chi connectivity index (χ3n) is 4.73. The highest BCUT2D eigenvalue weighted by molar-refractivity contribution is 7.21. The van der Waals surface area contributed by atoms with Crippen molar-refractivity contribution < 1.29 is 4.79 Å². The average Bonchev–Trinajstić information content (AvgIpc) is 3.08. The number of carbonyl (C=O) groups is 1. The van der Waals surface area contributed by atoms with Gasteiger partial charge in [0.1, 0.15) is 4.88 Å². The quantitative estimate of drug-likeness (QED) is 0.291. The second kappa shape index (κ2) is 8.19. The van der Waals surface area contributed by atoms with Gasteiger partial charge in [-0.3, -0.25) is 4.79 Å². The van der Waals surface area contributed by atoms with Gasteiger partial charge < -0.3 is 0 Å². The predicted octanol–water partition coefficient (Wildman–Crippen LogP) is 6.68. The molecule has 0 fully saturated rings. The van der Waals surface area contributed by atoms with Gasteiger partial charge in [-0.15, -0.1) is 11.3 Å². The van der Waals surface area contributed by atoms with E-state index in [1.165, 1.54) is 11.3 Å². The molecule has 0 saturated carbocycles. The first-order valence-corrected chi connectivity index (χ1v) is 10.4. The number of hydrogen-bond acceptors (Lipinski definition) is 3. The molecular weight excluding hydrogens is 400 g/mol. The van der Waals surface area contributed by atoms with Gasteiger partial charge in [-0.2, -0.15) is 5.10 Å². The maximum Gasteiger partial charge on any atom is 0.283 e. The lowest BCUT2D eigenvalue weighted by atomic mass is 10.0. The first kappa shape index (κ1) is 19.4. The fourth-order valence-electron chi connectivity index (χ4n) is 3.10. The van der Waals surface area contributed by atoms with Gasteiger partial charge in [-0.25, -0.2) is 5.43 Å². The van der Waals surface area contributed by atoms with Crippen LogP contribution in [0.3, 0.4) is 0 Å². The minimum atomic E-state index is -0.297. The van der Waals surface area contributed by atoms with Gasteiger partial charge in [0.05, 0.1) is 10.7 Å². The summed E-state index contributed by atoms with van der Waals surface area (Å²) in [7, 11) is 0. The summed E-state index contributed by atoms with van der Waals surface area (Å²) in [6.45, 7) is 3.89. The largest absolute Gasteiger partial charge is 0.283 e. The number of nitrogens with zero attached hydrogens (tertiary/aromatic N) is 1. The number of hydrazone groups is 1. The van der Waals surface area contributed by atoms with Crippen LogP contribution in [-0.2, 0) is 0 Å². The van der Waals surface area contributed by atoms with E-state index >= 15 is 0 Å². The van der Waals surface area contributed by atoms with Crippen LogP contribution in [0.2, 0.25) is 5.02 Å². The van der Waals surface area contributed by atoms with E-state index < -0.39 is 0 Å². The molecule has 0 spiro atoms. The molecule has 0 radical (unpaired) electrons. The van der Waals surface area contributed by atoms with E-state index in [1.54, 1.807) is 0 Å². The van der Waals surface area contributed by atoms with Crippen LogP contribution in [0.1, 0.15) is 27.7 Å². The van der Waals surface area contributed by atoms with Crippen LogP contribution in [0.15, 0.2) is 77.9 Å². The molecular formula is C24H19ClN2OS. The summed E-state index contributed by atoms with van der Waals surface area (Å²) in [6, 6.07) is 24.3. The molecule has 0 atom stereocenters. The van der Waals surface area contributed by atoms with Crippen molar-refractivity contribution in [1.82, 2.24) is 5.43 Å². The second-order valence-corrected chi connectivity index (χ2v) is 8.26. The van der Waals surface area contributed by atoms with Gasteiger partial charge in [0.2, 0.25) is 0 Å². The van der Waals surface area contributed by atoms with Crippen LogP contribution >= 0.6 is 22.9 Å². The standard InChI is InChI=1S/C24H19ClN2OS/c1-15-8-13-20-21(14-15)29-23(22(20)25)24(28)27-26-16(2)17-9-11-19(12-10-17)18-6-4-3-5-7-18/h3-14H,1-2H3,(H,27,28)/b26-16+. The first-order valence-electron chi connectivity index (χ1n) is 9.22. The zero-order chi connectivity index (χ0) is 20.4. The van der Waals surface area contributed by atoms with Crippen LogP contribution in [0.4, 0.5) is 0 Å². The molecule has 29 heavy (non-hydrogen) atoms. The van der Waals surface area contributed by atoms with Crippen LogP contribution in [0.25, 0.3) is 21.2 Å². The lowest BCUT2D eigenvalue weighted by Gasteiger charge is -2.05. The molecule has 0 saturated heterocycles. The lowest BCUT2D eigenvalue weighted by molar-refractivity contribution is 0.0959. The minimum Gasteiger partial charge on any atom is -0.266 e. The van der Waals surface area contributed by atoms with E-state index in [2.05, 4.69) is 34.8 Å². The molecule has 0 aliphatic carbocycles. The molecule has 0 aliphatic rings. The molecule has 1 heterocycles. The number of nitrogens with one attached hydrogen (secondary N) is 1. The molecule has 4 aromatic rings. The van der Waals surface area contributed by atoms with E-state index in [9.17, 15) is 4.79 Å². The van der Waals surface area contributed by atoms with Gasteiger partial charge in [-0.05, 0) is 42.2 Å². The van der Waals surface area contributed by atoms with Crippen molar-refractivity contribution in [2.75, 3.05) is 0 Å². The summed E-state index contributed by atoms with van der Waals surface area (Å²) in [4.78, 5) is 13.1. The van der Waals surface area contributed by atoms with Crippen molar-refractivity contribution in [2.45, 2.75) is 13.8 Å². The third kappa shape index (κ3) is 4.09. The Morgan fingerprint density at radius 1 is 0.966 bits per heavy atom. The maximum atomic E-state index is 12.6. The van der Waals surface area contributed by atoms with Crippen molar-refractivity contribution in [3.63, 3.8) is 0 Å². The van der Waals surface area contributed by atoms with E-state index in [1.807, 2.05) is 62.4 Å². The van der Waals surface area contributed by atoms with Crippen molar-refractivity contribution in [2.24, 2.45) is 5.10 Å². The van der Waals surface area contributed by atoms with E-state index in [0.29, 0.717) is 9.90 Å². The Bertz CT molecular complexity index is 1210. The Kier molecular flexibility index (Phi) is 5.47. The summed E-state index contributed by atoms with van der Waals surface area (Å²) in [5.41, 5.74) is 7.75. The highest BCUT2D eigenvalue weighted by atomic mass is 35.5. The van der Waals surface area contributed by atoms with Crippen molar-refractivity contribution >= 4 is 44.6 Å². The fraction of sp³-hybridized carbons (Fsp3) is 0.0833. The van der Waals surface area contributed by atoms with Crippen molar-refractivity contribution in [3.05, 3.63) is 93.8 Å². The van der Waals surface area contributed by atoms with Gasteiger partial charge in [0, 0.05) is 10.1 Å². The van der Waals surface area contributed by atoms with Crippen molar-refractivity contribution in [1.29, 1.82) is 0 Å². The van der Waals surface area contributed by atoms with Crippen LogP contribution in [0.5, 0.6) is 0 Å². The summed E-state index contributed by atoms with van der Waals surface area (Å²) in [5, 5.41) is 5.63. The van der Waals surface area contributed by atoms with E-state index in [4.69, 9.17) is 11.6 Å². The summed E-state index contributed by atoms with van der Waals surface area (Å²) in [6.07, 6.45) is 0. The number of hydrogen-bond donors (Lipinski definition) is 1. The van der Waals surface area contributed by atoms with Gasteiger partial charge in [-0.1, -0.05) is 78.3 Å². The number of aryl methyl sites for hydroxylation is 1. The fourth-order valence-corrected chi connectivity index (χ4v) is 4.61. The molecule has 4 rings (SSSR count). The Labute approximate surface area is 178 Å². The van der Waals surface area contributed by atoms with E-state index in [-0.39, 0.29) is 5.91 Å². The number of rotatable bonds is 4. The van der Waals surface area contributed by atoms with Gasteiger partial charge in [0.15, 0.2) is 0 Å². The smallest absolute Gasteiger partial charge is 0.266 e. The number of halogens is 1. The Balaban J connectivity index is 1.51. The van der Waals surface area contributed by atoms with E-state index in [0.717, 1.165) is 38.1 Å². The first-order chi connectivity index (χ1) is 14.0. The maximum absolute atomic E-state index is 12.6. The minimum absolute atomic E-state index is 0.297. The molecule has 1 N–H and O–H groups in total. The van der Waals surface area contributed by atoms with Crippen LogP contribution < -0.4 is 5.43 Å². The SMILES string of the molecule is C/C(=N\NC(=O)c1sc2cc(C)ccc2c1Cl)c1ccc(-c2ccccc2)cc1.